The molecule has 1 aromatic heterocycles. The Morgan fingerprint density at radius 3 is 2.68 bits per heavy atom. The summed E-state index contributed by atoms with van der Waals surface area (Å²) in [5.74, 6) is 0.245. The van der Waals surface area contributed by atoms with Crippen LogP contribution in [-0.2, 0) is 6.54 Å². The number of pyridine rings is 1. The van der Waals surface area contributed by atoms with Crippen molar-refractivity contribution < 1.29 is 10.2 Å². The Hall–Kier alpha value is -1.43. The topological polar surface area (TPSA) is 65.4 Å². The number of aliphatic hydroxyl groups is 1. The standard InChI is InChI=1S/C14H15BrN2O2/c15-12-1-2-13(18)11(7-12)8-17-9-14(19)10-3-5-16-6-4-10/h1-7,14,17-19H,8-9H2. The molecule has 100 valence electrons. The molecular formula is C14H15BrN2O2. The average Bonchev–Trinajstić information content (AvgIpc) is 2.43. The maximum Gasteiger partial charge on any atom is 0.120 e. The minimum Gasteiger partial charge on any atom is -0.508 e. The van der Waals surface area contributed by atoms with Crippen molar-refractivity contribution in [1.29, 1.82) is 0 Å². The summed E-state index contributed by atoms with van der Waals surface area (Å²) >= 11 is 3.36. The van der Waals surface area contributed by atoms with Crippen LogP contribution in [0, 0.1) is 0 Å². The van der Waals surface area contributed by atoms with Gasteiger partial charge in [-0.15, -0.1) is 0 Å². The summed E-state index contributed by atoms with van der Waals surface area (Å²) < 4.78 is 0.914. The van der Waals surface area contributed by atoms with Crippen LogP contribution >= 0.6 is 15.9 Å². The molecule has 1 unspecified atom stereocenters. The summed E-state index contributed by atoms with van der Waals surface area (Å²) in [5.41, 5.74) is 1.61. The van der Waals surface area contributed by atoms with Gasteiger partial charge in [-0.2, -0.15) is 0 Å². The first-order valence-corrected chi connectivity index (χ1v) is 6.72. The van der Waals surface area contributed by atoms with Crippen LogP contribution in [0.1, 0.15) is 17.2 Å². The van der Waals surface area contributed by atoms with Crippen LogP contribution in [0.5, 0.6) is 5.75 Å². The number of aromatic nitrogens is 1. The van der Waals surface area contributed by atoms with E-state index in [0.717, 1.165) is 15.6 Å². The lowest BCUT2D eigenvalue weighted by Gasteiger charge is -2.12. The van der Waals surface area contributed by atoms with Crippen molar-refractivity contribution >= 4 is 15.9 Å². The van der Waals surface area contributed by atoms with Gasteiger partial charge >= 0.3 is 0 Å². The first-order chi connectivity index (χ1) is 9.16. The van der Waals surface area contributed by atoms with E-state index < -0.39 is 6.10 Å². The molecule has 0 spiro atoms. The van der Waals surface area contributed by atoms with Crippen molar-refractivity contribution in [3.63, 3.8) is 0 Å². The molecule has 5 heteroatoms. The highest BCUT2D eigenvalue weighted by molar-refractivity contribution is 9.10. The van der Waals surface area contributed by atoms with Gasteiger partial charge in [0.25, 0.3) is 0 Å². The molecule has 0 saturated carbocycles. The lowest BCUT2D eigenvalue weighted by Crippen LogP contribution is -2.21. The summed E-state index contributed by atoms with van der Waals surface area (Å²) in [6.45, 7) is 0.906. The Balaban J connectivity index is 1.88. The molecule has 3 N–H and O–H groups in total. The van der Waals surface area contributed by atoms with Crippen LogP contribution in [0.3, 0.4) is 0 Å². The third-order valence-corrected chi connectivity index (χ3v) is 3.28. The third kappa shape index (κ3) is 4.02. The van der Waals surface area contributed by atoms with Crippen molar-refractivity contribution in [1.82, 2.24) is 10.3 Å². The number of benzene rings is 1. The van der Waals surface area contributed by atoms with Crippen LogP contribution < -0.4 is 5.32 Å². The molecule has 1 heterocycles. The molecule has 4 nitrogen and oxygen atoms in total. The molecular weight excluding hydrogens is 308 g/mol. The number of nitrogens with zero attached hydrogens (tertiary/aromatic N) is 1. The van der Waals surface area contributed by atoms with Gasteiger partial charge in [-0.05, 0) is 35.9 Å². The molecule has 0 saturated heterocycles. The number of phenols is 1. The van der Waals surface area contributed by atoms with Crippen molar-refractivity contribution in [2.75, 3.05) is 6.54 Å². The molecule has 2 aromatic rings. The highest BCUT2D eigenvalue weighted by Crippen LogP contribution is 2.21. The Kier molecular flexibility index (Phi) is 4.90. The molecule has 19 heavy (non-hydrogen) atoms. The van der Waals surface area contributed by atoms with Crippen molar-refractivity contribution in [3.05, 3.63) is 58.3 Å². The minimum atomic E-state index is -0.586. The van der Waals surface area contributed by atoms with E-state index in [1.807, 2.05) is 6.07 Å². The zero-order valence-electron chi connectivity index (χ0n) is 10.3. The van der Waals surface area contributed by atoms with Crippen molar-refractivity contribution in [2.45, 2.75) is 12.6 Å². The second kappa shape index (κ2) is 6.65. The van der Waals surface area contributed by atoms with Crippen LogP contribution in [-0.4, -0.2) is 21.7 Å². The fourth-order valence-electron chi connectivity index (χ4n) is 1.74. The number of phenolic OH excluding ortho intramolecular Hbond substituents is 1. The predicted octanol–water partition coefficient (Wildman–Crippen LogP) is 2.37. The molecule has 0 aliphatic carbocycles. The van der Waals surface area contributed by atoms with E-state index in [0.29, 0.717) is 13.1 Å². The van der Waals surface area contributed by atoms with Gasteiger partial charge in [-0.25, -0.2) is 0 Å². The Morgan fingerprint density at radius 1 is 1.21 bits per heavy atom. The summed E-state index contributed by atoms with van der Waals surface area (Å²) in [6, 6.07) is 8.83. The van der Waals surface area contributed by atoms with Crippen LogP contribution in [0.15, 0.2) is 47.2 Å². The number of nitrogens with one attached hydrogen (secondary N) is 1. The largest absolute Gasteiger partial charge is 0.508 e. The van der Waals surface area contributed by atoms with E-state index in [1.165, 1.54) is 0 Å². The Bertz CT molecular complexity index is 534. The summed E-state index contributed by atoms with van der Waals surface area (Å²) in [7, 11) is 0. The number of aromatic hydroxyl groups is 1. The average molecular weight is 323 g/mol. The monoisotopic (exact) mass is 322 g/mol. The van der Waals surface area contributed by atoms with Crippen molar-refractivity contribution in [3.8, 4) is 5.75 Å². The number of rotatable bonds is 5. The lowest BCUT2D eigenvalue weighted by atomic mass is 10.1. The predicted molar refractivity (Wildman–Crippen MR) is 76.7 cm³/mol. The zero-order valence-corrected chi connectivity index (χ0v) is 11.8. The molecule has 0 aliphatic heterocycles. The normalized spacial score (nSPS) is 12.3. The fourth-order valence-corrected chi connectivity index (χ4v) is 2.15. The third-order valence-electron chi connectivity index (χ3n) is 2.79. The molecule has 1 aromatic carbocycles. The number of aliphatic hydroxyl groups excluding tert-OH is 1. The van der Waals surface area contributed by atoms with Gasteiger partial charge in [0.05, 0.1) is 6.10 Å². The highest BCUT2D eigenvalue weighted by atomic mass is 79.9. The van der Waals surface area contributed by atoms with Crippen LogP contribution in [0.2, 0.25) is 0 Å². The molecule has 0 amide bonds. The molecule has 0 bridgehead atoms. The minimum absolute atomic E-state index is 0.245. The number of hydrogen-bond acceptors (Lipinski definition) is 4. The van der Waals surface area contributed by atoms with Gasteiger partial charge in [0.15, 0.2) is 0 Å². The van der Waals surface area contributed by atoms with Gasteiger partial charge in [0.2, 0.25) is 0 Å². The highest BCUT2D eigenvalue weighted by Gasteiger charge is 2.07. The van der Waals surface area contributed by atoms with Crippen LogP contribution in [0.25, 0.3) is 0 Å². The van der Waals surface area contributed by atoms with Gasteiger partial charge < -0.3 is 15.5 Å². The molecule has 0 aliphatic rings. The first-order valence-electron chi connectivity index (χ1n) is 5.93. The SMILES string of the molecule is Oc1ccc(Br)cc1CNCC(O)c1ccncc1. The second-order valence-corrected chi connectivity index (χ2v) is 5.12. The summed E-state index contributed by atoms with van der Waals surface area (Å²) in [4.78, 5) is 3.91. The summed E-state index contributed by atoms with van der Waals surface area (Å²) in [6.07, 6.45) is 2.72. The maximum atomic E-state index is 9.96. The van der Waals surface area contributed by atoms with Gasteiger partial charge in [-0.3, -0.25) is 4.98 Å². The molecule has 0 radical (unpaired) electrons. The van der Waals surface area contributed by atoms with Gasteiger partial charge in [0, 0.05) is 35.5 Å². The van der Waals surface area contributed by atoms with Crippen LogP contribution in [0.4, 0.5) is 0 Å². The molecule has 1 atom stereocenters. The van der Waals surface area contributed by atoms with E-state index in [9.17, 15) is 10.2 Å². The Labute approximate surface area is 120 Å². The quantitative estimate of drug-likeness (QED) is 0.790. The number of halogens is 1. The van der Waals surface area contributed by atoms with Gasteiger partial charge in [0.1, 0.15) is 5.75 Å². The smallest absolute Gasteiger partial charge is 0.120 e. The summed E-state index contributed by atoms with van der Waals surface area (Å²) in [5, 5.41) is 22.8. The molecule has 0 fully saturated rings. The van der Waals surface area contributed by atoms with E-state index in [1.54, 1.807) is 36.7 Å². The van der Waals surface area contributed by atoms with E-state index in [2.05, 4.69) is 26.2 Å². The van der Waals surface area contributed by atoms with Crippen molar-refractivity contribution in [2.24, 2.45) is 0 Å². The Morgan fingerprint density at radius 2 is 1.95 bits per heavy atom. The fraction of sp³-hybridized carbons (Fsp3) is 0.214. The van der Waals surface area contributed by atoms with E-state index >= 15 is 0 Å². The molecule has 2 rings (SSSR count). The lowest BCUT2D eigenvalue weighted by molar-refractivity contribution is 0.174. The second-order valence-electron chi connectivity index (χ2n) is 4.20. The zero-order chi connectivity index (χ0) is 13.7. The van der Waals surface area contributed by atoms with E-state index in [-0.39, 0.29) is 5.75 Å². The van der Waals surface area contributed by atoms with Gasteiger partial charge in [-0.1, -0.05) is 15.9 Å². The number of hydrogen-bond donors (Lipinski definition) is 3. The maximum absolute atomic E-state index is 9.96. The first kappa shape index (κ1) is 14.0. The van der Waals surface area contributed by atoms with E-state index in [4.69, 9.17) is 0 Å².